The molecule has 0 radical (unpaired) electrons. The third kappa shape index (κ3) is 3.61. The minimum Gasteiger partial charge on any atom is -0.465 e. The van der Waals surface area contributed by atoms with Crippen LogP contribution in [0.5, 0.6) is 0 Å². The zero-order chi connectivity index (χ0) is 20.5. The van der Waals surface area contributed by atoms with Gasteiger partial charge in [0, 0.05) is 36.1 Å². The van der Waals surface area contributed by atoms with Gasteiger partial charge in [-0.3, -0.25) is 4.90 Å². The predicted octanol–water partition coefficient (Wildman–Crippen LogP) is 2.95. The molecule has 0 bridgehead atoms. The molecule has 1 aliphatic heterocycles. The number of methoxy groups -OCH3 is 1. The molecule has 2 aliphatic rings. The van der Waals surface area contributed by atoms with Crippen molar-refractivity contribution < 1.29 is 14.3 Å². The number of ether oxygens (including phenoxy) is 2. The Hall–Kier alpha value is -2.71. The zero-order valence-electron chi connectivity index (χ0n) is 17.2. The van der Waals surface area contributed by atoms with Gasteiger partial charge in [0.2, 0.25) is 0 Å². The number of aromatic amines is 1. The molecule has 3 heterocycles. The molecule has 8 heteroatoms. The summed E-state index contributed by atoms with van der Waals surface area (Å²) in [6.07, 6.45) is 6.19. The molecule has 0 unspecified atom stereocenters. The number of anilines is 1. The number of esters is 1. The summed E-state index contributed by atoms with van der Waals surface area (Å²) in [6.45, 7) is 3.80. The van der Waals surface area contributed by atoms with Gasteiger partial charge >= 0.3 is 5.97 Å². The Morgan fingerprint density at radius 3 is 2.77 bits per heavy atom. The van der Waals surface area contributed by atoms with Crippen LogP contribution in [0.3, 0.4) is 0 Å². The van der Waals surface area contributed by atoms with E-state index in [0.717, 1.165) is 66.9 Å². The number of carbonyl (C=O) groups excluding carboxylic acids is 1. The number of rotatable bonds is 4. The van der Waals surface area contributed by atoms with Crippen LogP contribution in [0.15, 0.2) is 24.5 Å². The molecular weight excluding hydrogens is 382 g/mol. The van der Waals surface area contributed by atoms with Gasteiger partial charge in [0.1, 0.15) is 17.8 Å². The molecular formula is C22H27N5O3. The van der Waals surface area contributed by atoms with E-state index in [9.17, 15) is 4.79 Å². The van der Waals surface area contributed by atoms with Gasteiger partial charge in [0.15, 0.2) is 0 Å². The van der Waals surface area contributed by atoms with Crippen molar-refractivity contribution >= 4 is 33.7 Å². The second-order valence-corrected chi connectivity index (χ2v) is 8.12. The van der Waals surface area contributed by atoms with Crippen LogP contribution in [0.1, 0.15) is 36.0 Å². The number of morpholine rings is 1. The third-order valence-electron chi connectivity index (χ3n) is 6.41. The lowest BCUT2D eigenvalue weighted by Crippen LogP contribution is -2.46. The summed E-state index contributed by atoms with van der Waals surface area (Å²) in [6, 6.07) is 6.55. The van der Waals surface area contributed by atoms with Crippen LogP contribution in [-0.4, -0.2) is 71.3 Å². The lowest BCUT2D eigenvalue weighted by molar-refractivity contribution is 0.00791. The summed E-state index contributed by atoms with van der Waals surface area (Å²) in [5.74, 6) is 0.474. The maximum Gasteiger partial charge on any atom is 0.337 e. The molecule has 30 heavy (non-hydrogen) atoms. The minimum absolute atomic E-state index is 0.348. The van der Waals surface area contributed by atoms with E-state index in [1.54, 1.807) is 12.4 Å². The molecule has 0 spiro atoms. The Morgan fingerprint density at radius 1 is 1.20 bits per heavy atom. The summed E-state index contributed by atoms with van der Waals surface area (Å²) in [5, 5.41) is 5.51. The van der Waals surface area contributed by atoms with Crippen LogP contribution in [-0.2, 0) is 9.47 Å². The molecule has 5 rings (SSSR count). The zero-order valence-corrected chi connectivity index (χ0v) is 17.2. The lowest BCUT2D eigenvalue weighted by Gasteiger charge is -2.39. The van der Waals surface area contributed by atoms with Crippen LogP contribution in [0.4, 0.5) is 5.82 Å². The third-order valence-corrected chi connectivity index (χ3v) is 6.41. The highest BCUT2D eigenvalue weighted by Gasteiger charge is 2.27. The Labute approximate surface area is 175 Å². The summed E-state index contributed by atoms with van der Waals surface area (Å²) < 4.78 is 10.4. The Kier molecular flexibility index (Phi) is 5.26. The molecule has 1 saturated carbocycles. The average Bonchev–Trinajstić information content (AvgIpc) is 3.18. The first kappa shape index (κ1) is 19.3. The topological polar surface area (TPSA) is 92.4 Å². The predicted molar refractivity (Wildman–Crippen MR) is 115 cm³/mol. The second-order valence-electron chi connectivity index (χ2n) is 8.12. The SMILES string of the molecule is COC(=O)c1ccc2[nH]c3ncnc(N[C@H]4CC[C@H](N5CCOCC5)CC4)c3c2c1. The first-order chi connectivity index (χ1) is 14.7. The molecule has 8 nitrogen and oxygen atoms in total. The minimum atomic E-state index is -0.348. The van der Waals surface area contributed by atoms with E-state index in [0.29, 0.717) is 17.6 Å². The number of nitrogens with one attached hydrogen (secondary N) is 2. The van der Waals surface area contributed by atoms with Crippen molar-refractivity contribution in [2.24, 2.45) is 0 Å². The fourth-order valence-electron chi connectivity index (χ4n) is 4.80. The van der Waals surface area contributed by atoms with Crippen LogP contribution < -0.4 is 5.32 Å². The molecule has 2 aromatic heterocycles. The number of hydrogen-bond donors (Lipinski definition) is 2. The van der Waals surface area contributed by atoms with Crippen LogP contribution >= 0.6 is 0 Å². The normalized spacial score (nSPS) is 23.0. The Bertz CT molecular complexity index is 1050. The van der Waals surface area contributed by atoms with Crippen molar-refractivity contribution in [1.29, 1.82) is 0 Å². The van der Waals surface area contributed by atoms with Gasteiger partial charge in [0.25, 0.3) is 0 Å². The fourth-order valence-corrected chi connectivity index (χ4v) is 4.80. The maximum absolute atomic E-state index is 12.0. The number of hydrogen-bond acceptors (Lipinski definition) is 7. The fraction of sp³-hybridized carbons (Fsp3) is 0.500. The largest absolute Gasteiger partial charge is 0.465 e. The molecule has 1 aliphatic carbocycles. The van der Waals surface area contributed by atoms with E-state index >= 15 is 0 Å². The van der Waals surface area contributed by atoms with Gasteiger partial charge < -0.3 is 19.8 Å². The van der Waals surface area contributed by atoms with E-state index in [-0.39, 0.29) is 5.97 Å². The van der Waals surface area contributed by atoms with Crippen LogP contribution in [0.2, 0.25) is 0 Å². The number of fused-ring (bicyclic) bond motifs is 3. The van der Waals surface area contributed by atoms with Gasteiger partial charge in [-0.2, -0.15) is 0 Å². The first-order valence-corrected chi connectivity index (χ1v) is 10.7. The van der Waals surface area contributed by atoms with E-state index in [1.807, 2.05) is 12.1 Å². The highest BCUT2D eigenvalue weighted by Crippen LogP contribution is 2.32. The van der Waals surface area contributed by atoms with Crippen molar-refractivity contribution in [2.75, 3.05) is 38.7 Å². The standard InChI is InChI=1S/C22H27N5O3/c1-29-22(28)14-2-7-18-17(12-14)19-20(23-13-24-21(19)26-18)25-15-3-5-16(6-4-15)27-8-10-30-11-9-27/h2,7,12-13,15-16H,3-6,8-11H2,1H3,(H2,23,24,25,26)/t15-,16-. The second kappa shape index (κ2) is 8.20. The van der Waals surface area contributed by atoms with E-state index in [2.05, 4.69) is 25.2 Å². The molecule has 2 fully saturated rings. The van der Waals surface area contributed by atoms with Gasteiger partial charge in [-0.05, 0) is 43.9 Å². The molecule has 0 amide bonds. The summed E-state index contributed by atoms with van der Waals surface area (Å²) in [7, 11) is 1.39. The van der Waals surface area contributed by atoms with Crippen molar-refractivity contribution in [1.82, 2.24) is 19.9 Å². The molecule has 1 saturated heterocycles. The lowest BCUT2D eigenvalue weighted by atomic mass is 9.90. The van der Waals surface area contributed by atoms with E-state index < -0.39 is 0 Å². The van der Waals surface area contributed by atoms with Crippen LogP contribution in [0.25, 0.3) is 21.9 Å². The van der Waals surface area contributed by atoms with Gasteiger partial charge in [-0.25, -0.2) is 14.8 Å². The molecule has 2 N–H and O–H groups in total. The van der Waals surface area contributed by atoms with Crippen molar-refractivity contribution in [3.8, 4) is 0 Å². The molecule has 3 aromatic rings. The number of carbonyl (C=O) groups is 1. The van der Waals surface area contributed by atoms with Gasteiger partial charge in [-0.1, -0.05) is 0 Å². The highest BCUT2D eigenvalue weighted by atomic mass is 16.5. The van der Waals surface area contributed by atoms with Gasteiger partial charge in [0.05, 0.1) is 31.3 Å². The quantitative estimate of drug-likeness (QED) is 0.640. The van der Waals surface area contributed by atoms with Crippen LogP contribution in [0, 0.1) is 0 Å². The summed E-state index contributed by atoms with van der Waals surface area (Å²) >= 11 is 0. The number of benzene rings is 1. The molecule has 0 atom stereocenters. The van der Waals surface area contributed by atoms with E-state index in [4.69, 9.17) is 9.47 Å². The Balaban J connectivity index is 1.37. The number of H-pyrrole nitrogens is 1. The smallest absolute Gasteiger partial charge is 0.337 e. The molecule has 158 valence electrons. The van der Waals surface area contributed by atoms with Gasteiger partial charge in [-0.15, -0.1) is 0 Å². The Morgan fingerprint density at radius 2 is 2.00 bits per heavy atom. The van der Waals surface area contributed by atoms with Crippen molar-refractivity contribution in [3.05, 3.63) is 30.1 Å². The average molecular weight is 409 g/mol. The van der Waals surface area contributed by atoms with Crippen molar-refractivity contribution in [3.63, 3.8) is 0 Å². The molecule has 1 aromatic carbocycles. The number of aromatic nitrogens is 3. The first-order valence-electron chi connectivity index (χ1n) is 10.7. The van der Waals surface area contributed by atoms with E-state index in [1.165, 1.54) is 20.0 Å². The summed E-state index contributed by atoms with van der Waals surface area (Å²) in [5.41, 5.74) is 2.22. The number of nitrogens with zero attached hydrogens (tertiary/aromatic N) is 3. The monoisotopic (exact) mass is 409 g/mol. The summed E-state index contributed by atoms with van der Waals surface area (Å²) in [4.78, 5) is 26.8. The maximum atomic E-state index is 12.0. The highest BCUT2D eigenvalue weighted by molar-refractivity contribution is 6.12. The van der Waals surface area contributed by atoms with Crippen molar-refractivity contribution in [2.45, 2.75) is 37.8 Å².